The average molecular weight is 296 g/mol. The van der Waals surface area contributed by atoms with Crippen molar-refractivity contribution in [3.63, 3.8) is 0 Å². The lowest BCUT2D eigenvalue weighted by Gasteiger charge is -2.23. The van der Waals surface area contributed by atoms with Gasteiger partial charge in [-0.2, -0.15) is 0 Å². The van der Waals surface area contributed by atoms with Gasteiger partial charge < -0.3 is 5.32 Å². The van der Waals surface area contributed by atoms with Crippen LogP contribution in [0.15, 0.2) is 30.3 Å². The van der Waals surface area contributed by atoms with E-state index in [9.17, 15) is 8.42 Å². The second-order valence-corrected chi connectivity index (χ2v) is 7.51. The van der Waals surface area contributed by atoms with Gasteiger partial charge in [-0.15, -0.1) is 0 Å². The molecule has 1 heterocycles. The molecule has 1 aromatic carbocycles. The van der Waals surface area contributed by atoms with Crippen LogP contribution in [0.5, 0.6) is 0 Å². The molecule has 0 amide bonds. The number of hydrogen-bond donors (Lipinski definition) is 2. The molecule has 5 heteroatoms. The fourth-order valence-electron chi connectivity index (χ4n) is 2.59. The molecule has 0 aliphatic carbocycles. The van der Waals surface area contributed by atoms with E-state index in [1.54, 1.807) is 0 Å². The highest BCUT2D eigenvalue weighted by molar-refractivity contribution is 7.89. The van der Waals surface area contributed by atoms with Gasteiger partial charge in [-0.25, -0.2) is 13.1 Å². The van der Waals surface area contributed by atoms with Crippen LogP contribution >= 0.6 is 0 Å². The third-order valence-electron chi connectivity index (χ3n) is 3.83. The van der Waals surface area contributed by atoms with Gasteiger partial charge in [0.25, 0.3) is 0 Å². The molecule has 4 nitrogen and oxygen atoms in total. The van der Waals surface area contributed by atoms with E-state index in [1.807, 2.05) is 37.3 Å². The first-order valence-electron chi connectivity index (χ1n) is 7.30. The highest BCUT2D eigenvalue weighted by Crippen LogP contribution is 2.15. The molecule has 1 aromatic rings. The summed E-state index contributed by atoms with van der Waals surface area (Å²) in [5.74, 6) is 0.672. The zero-order valence-electron chi connectivity index (χ0n) is 12.0. The van der Waals surface area contributed by atoms with E-state index >= 15 is 0 Å². The molecular formula is C15H24N2O2S. The zero-order chi connectivity index (χ0) is 14.4. The maximum atomic E-state index is 12.1. The Labute approximate surface area is 122 Å². The molecule has 0 aromatic heterocycles. The van der Waals surface area contributed by atoms with Gasteiger partial charge in [0.15, 0.2) is 0 Å². The Kier molecular flexibility index (Phi) is 5.57. The quantitative estimate of drug-likeness (QED) is 0.840. The van der Waals surface area contributed by atoms with Crippen LogP contribution in [0, 0.1) is 5.92 Å². The van der Waals surface area contributed by atoms with Gasteiger partial charge >= 0.3 is 0 Å². The molecule has 20 heavy (non-hydrogen) atoms. The minimum Gasteiger partial charge on any atom is -0.316 e. The van der Waals surface area contributed by atoms with E-state index in [0.29, 0.717) is 6.54 Å². The van der Waals surface area contributed by atoms with E-state index in [2.05, 4.69) is 10.0 Å². The van der Waals surface area contributed by atoms with Gasteiger partial charge in [0.05, 0.1) is 5.75 Å². The van der Waals surface area contributed by atoms with Gasteiger partial charge in [-0.05, 0) is 43.3 Å². The Morgan fingerprint density at radius 2 is 2.10 bits per heavy atom. The van der Waals surface area contributed by atoms with Crippen LogP contribution < -0.4 is 10.0 Å². The van der Waals surface area contributed by atoms with Crippen molar-refractivity contribution in [2.45, 2.75) is 25.7 Å². The SMILES string of the molecule is CC(CNS(=O)(=O)CC1CCCNC1)c1ccccc1. The first-order chi connectivity index (χ1) is 9.57. The van der Waals surface area contributed by atoms with E-state index in [0.717, 1.165) is 31.5 Å². The second-order valence-electron chi connectivity index (χ2n) is 5.65. The summed E-state index contributed by atoms with van der Waals surface area (Å²) < 4.78 is 26.9. The molecule has 1 aliphatic rings. The number of nitrogens with one attached hydrogen (secondary N) is 2. The smallest absolute Gasteiger partial charge is 0.211 e. The highest BCUT2D eigenvalue weighted by atomic mass is 32.2. The Bertz CT molecular complexity index is 496. The van der Waals surface area contributed by atoms with Gasteiger partial charge in [-0.3, -0.25) is 0 Å². The maximum absolute atomic E-state index is 12.1. The predicted octanol–water partition coefficient (Wildman–Crippen LogP) is 1.71. The summed E-state index contributed by atoms with van der Waals surface area (Å²) in [6, 6.07) is 9.99. The predicted molar refractivity (Wildman–Crippen MR) is 82.2 cm³/mol. The summed E-state index contributed by atoms with van der Waals surface area (Å²) in [5.41, 5.74) is 1.16. The van der Waals surface area contributed by atoms with E-state index in [-0.39, 0.29) is 17.6 Å². The van der Waals surface area contributed by atoms with E-state index in [1.165, 1.54) is 0 Å². The highest BCUT2D eigenvalue weighted by Gasteiger charge is 2.21. The number of hydrogen-bond acceptors (Lipinski definition) is 3. The molecule has 1 aliphatic heterocycles. The third kappa shape index (κ3) is 4.89. The summed E-state index contributed by atoms with van der Waals surface area (Å²) in [7, 11) is -3.17. The van der Waals surface area contributed by atoms with Crippen molar-refractivity contribution < 1.29 is 8.42 Å². The van der Waals surface area contributed by atoms with Crippen LogP contribution in [0.2, 0.25) is 0 Å². The van der Waals surface area contributed by atoms with Crippen molar-refractivity contribution >= 4 is 10.0 Å². The largest absolute Gasteiger partial charge is 0.316 e. The Morgan fingerprint density at radius 1 is 1.35 bits per heavy atom. The third-order valence-corrected chi connectivity index (χ3v) is 5.35. The van der Waals surface area contributed by atoms with Crippen molar-refractivity contribution in [3.8, 4) is 0 Å². The van der Waals surface area contributed by atoms with Crippen LogP contribution in [-0.2, 0) is 10.0 Å². The molecule has 2 unspecified atom stereocenters. The second kappa shape index (κ2) is 7.20. The number of piperidine rings is 1. The monoisotopic (exact) mass is 296 g/mol. The van der Waals surface area contributed by atoms with Gasteiger partial charge in [0.1, 0.15) is 0 Å². The molecule has 0 radical (unpaired) electrons. The fraction of sp³-hybridized carbons (Fsp3) is 0.600. The van der Waals surface area contributed by atoms with Crippen molar-refractivity contribution in [2.24, 2.45) is 5.92 Å². The minimum atomic E-state index is -3.17. The van der Waals surface area contributed by atoms with Gasteiger partial charge in [0.2, 0.25) is 10.0 Å². The molecular weight excluding hydrogens is 272 g/mol. The summed E-state index contributed by atoms with van der Waals surface area (Å²) in [6.45, 7) is 4.33. The average Bonchev–Trinajstić information content (AvgIpc) is 2.46. The van der Waals surface area contributed by atoms with Crippen LogP contribution in [0.4, 0.5) is 0 Å². The van der Waals surface area contributed by atoms with Gasteiger partial charge in [-0.1, -0.05) is 37.3 Å². The zero-order valence-corrected chi connectivity index (χ0v) is 12.8. The molecule has 0 bridgehead atoms. The Hall–Kier alpha value is -0.910. The van der Waals surface area contributed by atoms with Crippen LogP contribution in [-0.4, -0.2) is 33.8 Å². The molecule has 0 saturated carbocycles. The summed E-state index contributed by atoms with van der Waals surface area (Å²) in [6.07, 6.45) is 2.07. The molecule has 1 fully saturated rings. The first-order valence-corrected chi connectivity index (χ1v) is 8.95. The first kappa shape index (κ1) is 15.5. The number of rotatable bonds is 6. The fourth-order valence-corrected chi connectivity index (χ4v) is 4.11. The van der Waals surface area contributed by atoms with Crippen LogP contribution in [0.3, 0.4) is 0 Å². The van der Waals surface area contributed by atoms with Crippen LogP contribution in [0.25, 0.3) is 0 Å². The lowest BCUT2D eigenvalue weighted by Crippen LogP contribution is -2.38. The lowest BCUT2D eigenvalue weighted by atomic mass is 10.0. The molecule has 112 valence electrons. The topological polar surface area (TPSA) is 58.2 Å². The van der Waals surface area contributed by atoms with Gasteiger partial charge in [0, 0.05) is 6.54 Å². The lowest BCUT2D eigenvalue weighted by molar-refractivity contribution is 0.402. The Morgan fingerprint density at radius 3 is 2.75 bits per heavy atom. The Balaban J connectivity index is 1.82. The van der Waals surface area contributed by atoms with E-state index < -0.39 is 10.0 Å². The molecule has 1 saturated heterocycles. The molecule has 2 N–H and O–H groups in total. The summed E-state index contributed by atoms with van der Waals surface area (Å²) >= 11 is 0. The van der Waals surface area contributed by atoms with Crippen molar-refractivity contribution in [1.82, 2.24) is 10.0 Å². The van der Waals surface area contributed by atoms with E-state index in [4.69, 9.17) is 0 Å². The minimum absolute atomic E-state index is 0.190. The molecule has 0 spiro atoms. The summed E-state index contributed by atoms with van der Waals surface area (Å²) in [5, 5.41) is 3.26. The molecule has 2 rings (SSSR count). The van der Waals surface area contributed by atoms with Crippen molar-refractivity contribution in [1.29, 1.82) is 0 Å². The normalized spacial score (nSPS) is 21.6. The standard InChI is InChI=1S/C15H24N2O2S/c1-13(15-7-3-2-4-8-15)10-17-20(18,19)12-14-6-5-9-16-11-14/h2-4,7-8,13-14,16-17H,5-6,9-12H2,1H3. The van der Waals surface area contributed by atoms with Crippen LogP contribution in [0.1, 0.15) is 31.2 Å². The molecule has 2 atom stereocenters. The number of sulfonamides is 1. The number of benzene rings is 1. The van der Waals surface area contributed by atoms with Crippen molar-refractivity contribution in [2.75, 3.05) is 25.4 Å². The van der Waals surface area contributed by atoms with Crippen molar-refractivity contribution in [3.05, 3.63) is 35.9 Å². The maximum Gasteiger partial charge on any atom is 0.211 e. The summed E-state index contributed by atoms with van der Waals surface area (Å²) in [4.78, 5) is 0.